The molecular weight excluding hydrogens is 245 g/mol. The van der Waals surface area contributed by atoms with Gasteiger partial charge in [0.2, 0.25) is 0 Å². The van der Waals surface area contributed by atoms with E-state index in [1.807, 2.05) is 0 Å². The zero-order valence-corrected chi connectivity index (χ0v) is 11.0. The highest BCUT2D eigenvalue weighted by atomic mass is 19.1. The average Bonchev–Trinajstić information content (AvgIpc) is 2.62. The number of Topliss-reactive ketones (excluding diaryl/α,β-unsaturated/α-hetero) is 1. The molecule has 0 aliphatic carbocycles. The minimum Gasteiger partial charge on any atom is -0.393 e. The quantitative estimate of drug-likeness (QED) is 0.833. The Morgan fingerprint density at radius 1 is 1.32 bits per heavy atom. The molecule has 1 N–H and O–H groups in total. The predicted octanol–water partition coefficient (Wildman–Crippen LogP) is 2.52. The van der Waals surface area contributed by atoms with Crippen LogP contribution < -0.4 is 4.90 Å². The number of carbonyl (C=O) groups is 1. The van der Waals surface area contributed by atoms with Crippen LogP contribution in [0.15, 0.2) is 18.2 Å². The van der Waals surface area contributed by atoms with Crippen LogP contribution in [-0.4, -0.2) is 29.1 Å². The molecule has 1 aromatic carbocycles. The number of halogens is 1. The maximum absolute atomic E-state index is 14.2. The number of hydrogen-bond acceptors (Lipinski definition) is 3. The zero-order valence-electron chi connectivity index (χ0n) is 11.0. The highest BCUT2D eigenvalue weighted by Crippen LogP contribution is 2.40. The third-order valence-electron chi connectivity index (χ3n) is 4.34. The molecular formula is C15H18FNO2. The fraction of sp³-hybridized carbons (Fsp3) is 0.533. The van der Waals surface area contributed by atoms with E-state index in [-0.39, 0.29) is 29.8 Å². The van der Waals surface area contributed by atoms with E-state index < -0.39 is 0 Å². The smallest absolute Gasteiger partial charge is 0.159 e. The Labute approximate surface area is 112 Å². The number of fused-ring (bicyclic) bond motifs is 2. The number of anilines is 1. The van der Waals surface area contributed by atoms with Gasteiger partial charge in [-0.25, -0.2) is 4.39 Å². The van der Waals surface area contributed by atoms with E-state index in [0.29, 0.717) is 24.1 Å². The van der Waals surface area contributed by atoms with Gasteiger partial charge in [-0.15, -0.1) is 0 Å². The molecule has 1 aromatic rings. The molecule has 0 spiro atoms. The summed E-state index contributed by atoms with van der Waals surface area (Å²) in [6.07, 6.45) is 3.19. The second-order valence-corrected chi connectivity index (χ2v) is 5.64. The summed E-state index contributed by atoms with van der Waals surface area (Å²) < 4.78 is 14.2. The number of benzene rings is 1. The van der Waals surface area contributed by atoms with Crippen LogP contribution in [0.5, 0.6) is 0 Å². The molecule has 2 bridgehead atoms. The van der Waals surface area contributed by atoms with Crippen molar-refractivity contribution < 1.29 is 14.3 Å². The lowest BCUT2D eigenvalue weighted by Crippen LogP contribution is -2.45. The Morgan fingerprint density at radius 3 is 2.47 bits per heavy atom. The lowest BCUT2D eigenvalue weighted by molar-refractivity contribution is 0.101. The Hall–Kier alpha value is -1.42. The van der Waals surface area contributed by atoms with E-state index in [1.54, 1.807) is 12.1 Å². The lowest BCUT2D eigenvalue weighted by Gasteiger charge is -2.39. The third kappa shape index (κ3) is 2.14. The summed E-state index contributed by atoms with van der Waals surface area (Å²) in [5, 5.41) is 9.78. The molecule has 2 fully saturated rings. The van der Waals surface area contributed by atoms with Crippen molar-refractivity contribution in [3.63, 3.8) is 0 Å². The van der Waals surface area contributed by atoms with Crippen LogP contribution in [0.2, 0.25) is 0 Å². The monoisotopic (exact) mass is 263 g/mol. The first-order valence-electron chi connectivity index (χ1n) is 6.83. The van der Waals surface area contributed by atoms with Gasteiger partial charge in [-0.2, -0.15) is 0 Å². The van der Waals surface area contributed by atoms with Gasteiger partial charge >= 0.3 is 0 Å². The van der Waals surface area contributed by atoms with Crippen molar-refractivity contribution in [2.24, 2.45) is 0 Å². The number of aliphatic hydroxyl groups excluding tert-OH is 1. The first-order valence-corrected chi connectivity index (χ1v) is 6.83. The topological polar surface area (TPSA) is 40.5 Å². The van der Waals surface area contributed by atoms with Gasteiger partial charge in [0.25, 0.3) is 0 Å². The van der Waals surface area contributed by atoms with E-state index >= 15 is 0 Å². The molecule has 0 aromatic heterocycles. The Balaban J connectivity index is 1.93. The third-order valence-corrected chi connectivity index (χ3v) is 4.34. The number of carbonyl (C=O) groups excluding carboxylic acids is 1. The standard InChI is InChI=1S/C15H18FNO2/c1-9(18)10-2-5-15(14(16)6-10)17-11-3-4-12(17)8-13(19)7-11/h2,5-6,11-13,19H,3-4,7-8H2,1H3. The van der Waals surface area contributed by atoms with Crippen LogP contribution in [0.25, 0.3) is 0 Å². The molecule has 2 atom stereocenters. The molecule has 3 rings (SSSR count). The van der Waals surface area contributed by atoms with Crippen molar-refractivity contribution in [1.29, 1.82) is 0 Å². The van der Waals surface area contributed by atoms with Crippen molar-refractivity contribution in [2.45, 2.75) is 50.8 Å². The number of aliphatic hydroxyl groups is 1. The van der Waals surface area contributed by atoms with Crippen LogP contribution in [0.1, 0.15) is 43.0 Å². The first-order chi connectivity index (χ1) is 9.06. The van der Waals surface area contributed by atoms with Crippen LogP contribution in [0, 0.1) is 5.82 Å². The van der Waals surface area contributed by atoms with Crippen molar-refractivity contribution in [2.75, 3.05) is 4.90 Å². The molecule has 3 nitrogen and oxygen atoms in total. The highest BCUT2D eigenvalue weighted by Gasteiger charge is 2.41. The Kier molecular flexibility index (Phi) is 3.05. The van der Waals surface area contributed by atoms with Gasteiger partial charge in [0.1, 0.15) is 5.82 Å². The average molecular weight is 263 g/mol. The number of hydrogen-bond donors (Lipinski definition) is 1. The SMILES string of the molecule is CC(=O)c1ccc(N2C3CCC2CC(O)C3)c(F)c1. The molecule has 2 aliphatic heterocycles. The maximum atomic E-state index is 14.2. The summed E-state index contributed by atoms with van der Waals surface area (Å²) in [5.41, 5.74) is 0.982. The summed E-state index contributed by atoms with van der Waals surface area (Å²) in [6, 6.07) is 5.17. The second-order valence-electron chi connectivity index (χ2n) is 5.64. The fourth-order valence-electron chi connectivity index (χ4n) is 3.48. The Morgan fingerprint density at radius 2 is 1.95 bits per heavy atom. The number of nitrogens with zero attached hydrogens (tertiary/aromatic N) is 1. The van der Waals surface area contributed by atoms with Gasteiger partial charge in [0.15, 0.2) is 5.78 Å². The van der Waals surface area contributed by atoms with Crippen LogP contribution >= 0.6 is 0 Å². The summed E-state index contributed by atoms with van der Waals surface area (Å²) in [7, 11) is 0. The van der Waals surface area contributed by atoms with Crippen LogP contribution in [0.4, 0.5) is 10.1 Å². The van der Waals surface area contributed by atoms with Gasteiger partial charge in [-0.05, 0) is 50.8 Å². The second kappa shape index (κ2) is 4.60. The van der Waals surface area contributed by atoms with Crippen LogP contribution in [0.3, 0.4) is 0 Å². The van der Waals surface area contributed by atoms with E-state index in [4.69, 9.17) is 0 Å². The van der Waals surface area contributed by atoms with Crippen molar-refractivity contribution in [3.05, 3.63) is 29.6 Å². The molecule has 2 heterocycles. The van der Waals surface area contributed by atoms with E-state index in [0.717, 1.165) is 12.8 Å². The van der Waals surface area contributed by atoms with Gasteiger partial charge in [-0.1, -0.05) is 0 Å². The van der Waals surface area contributed by atoms with Gasteiger partial charge in [0.05, 0.1) is 11.8 Å². The molecule has 0 radical (unpaired) electrons. The van der Waals surface area contributed by atoms with Gasteiger partial charge in [-0.3, -0.25) is 4.79 Å². The summed E-state index contributed by atoms with van der Waals surface area (Å²) in [5.74, 6) is -0.455. The largest absolute Gasteiger partial charge is 0.393 e. The van der Waals surface area contributed by atoms with Crippen molar-refractivity contribution >= 4 is 11.5 Å². The summed E-state index contributed by atoms with van der Waals surface area (Å²) >= 11 is 0. The minimum atomic E-state index is -0.332. The molecule has 102 valence electrons. The number of ketones is 1. The molecule has 2 aliphatic rings. The maximum Gasteiger partial charge on any atom is 0.159 e. The molecule has 0 amide bonds. The predicted molar refractivity (Wildman–Crippen MR) is 70.9 cm³/mol. The van der Waals surface area contributed by atoms with Crippen molar-refractivity contribution in [1.82, 2.24) is 0 Å². The summed E-state index contributed by atoms with van der Waals surface area (Å²) in [6.45, 7) is 1.44. The minimum absolute atomic E-state index is 0.123. The van der Waals surface area contributed by atoms with Gasteiger partial charge < -0.3 is 10.0 Å². The lowest BCUT2D eigenvalue weighted by atomic mass is 9.98. The van der Waals surface area contributed by atoms with E-state index in [2.05, 4.69) is 4.90 Å². The highest BCUT2D eigenvalue weighted by molar-refractivity contribution is 5.94. The number of rotatable bonds is 2. The van der Waals surface area contributed by atoms with Crippen molar-refractivity contribution in [3.8, 4) is 0 Å². The van der Waals surface area contributed by atoms with Gasteiger partial charge in [0, 0.05) is 17.6 Å². The zero-order chi connectivity index (χ0) is 13.6. The Bertz CT molecular complexity index is 503. The number of piperidine rings is 1. The molecule has 19 heavy (non-hydrogen) atoms. The molecule has 4 heteroatoms. The summed E-state index contributed by atoms with van der Waals surface area (Å²) in [4.78, 5) is 13.4. The first kappa shape index (κ1) is 12.6. The van der Waals surface area contributed by atoms with E-state index in [9.17, 15) is 14.3 Å². The fourth-order valence-corrected chi connectivity index (χ4v) is 3.48. The van der Waals surface area contributed by atoms with Crippen LogP contribution in [-0.2, 0) is 0 Å². The molecule has 0 saturated carbocycles. The molecule has 2 unspecified atom stereocenters. The molecule has 2 saturated heterocycles. The van der Waals surface area contributed by atoms with E-state index in [1.165, 1.54) is 13.0 Å². The normalized spacial score (nSPS) is 29.6.